The van der Waals surface area contributed by atoms with E-state index in [1.807, 2.05) is 18.2 Å². The Morgan fingerprint density at radius 2 is 2.33 bits per heavy atom. The van der Waals surface area contributed by atoms with Crippen LogP contribution in [0.4, 0.5) is 0 Å². The van der Waals surface area contributed by atoms with E-state index in [4.69, 9.17) is 0 Å². The van der Waals surface area contributed by atoms with Gasteiger partial charge >= 0.3 is 0 Å². The minimum Gasteiger partial charge on any atom is -0.410 e. The van der Waals surface area contributed by atoms with E-state index in [1.54, 1.807) is 0 Å². The zero-order valence-corrected chi connectivity index (χ0v) is 6.73. The summed E-state index contributed by atoms with van der Waals surface area (Å²) in [4.78, 5) is 0.800. The molecule has 12 heavy (non-hydrogen) atoms. The molecule has 0 saturated carbocycles. The lowest BCUT2D eigenvalue weighted by Crippen LogP contribution is -1.91. The average molecular weight is 163 g/mol. The molecule has 0 aliphatic rings. The summed E-state index contributed by atoms with van der Waals surface area (Å²) in [6, 6.07) is 5.72. The normalized spacial score (nSPS) is 10.8. The standard InChI is InChI=1S/C8H9N3O/c1-2-6-3-4-7-8(5-6)11(12)10-9-7/h3-5,12H,2H2,1H3. The minimum atomic E-state index is 0.661. The smallest absolute Gasteiger partial charge is 0.130 e. The van der Waals surface area contributed by atoms with Crippen LogP contribution in [0.25, 0.3) is 11.0 Å². The van der Waals surface area contributed by atoms with E-state index >= 15 is 0 Å². The number of nitrogens with zero attached hydrogens (tertiary/aromatic N) is 3. The lowest BCUT2D eigenvalue weighted by Gasteiger charge is -1.94. The molecule has 0 aliphatic heterocycles. The monoisotopic (exact) mass is 163 g/mol. The Balaban J connectivity index is 2.71. The Kier molecular flexibility index (Phi) is 1.46. The van der Waals surface area contributed by atoms with Crippen LogP contribution < -0.4 is 0 Å². The molecular formula is C8H9N3O. The van der Waals surface area contributed by atoms with Gasteiger partial charge in [0.25, 0.3) is 0 Å². The predicted molar refractivity (Wildman–Crippen MR) is 44.1 cm³/mol. The fourth-order valence-corrected chi connectivity index (χ4v) is 1.17. The molecule has 62 valence electrons. The van der Waals surface area contributed by atoms with Gasteiger partial charge in [0.2, 0.25) is 0 Å². The first-order valence-corrected chi connectivity index (χ1v) is 3.85. The number of benzene rings is 1. The van der Waals surface area contributed by atoms with Crippen LogP contribution >= 0.6 is 0 Å². The van der Waals surface area contributed by atoms with Gasteiger partial charge in [0, 0.05) is 0 Å². The molecule has 0 spiro atoms. The van der Waals surface area contributed by atoms with Crippen molar-refractivity contribution in [3.63, 3.8) is 0 Å². The van der Waals surface area contributed by atoms with Gasteiger partial charge in [-0.05, 0) is 29.3 Å². The van der Waals surface area contributed by atoms with E-state index in [-0.39, 0.29) is 0 Å². The van der Waals surface area contributed by atoms with Crippen molar-refractivity contribution in [2.45, 2.75) is 13.3 Å². The summed E-state index contributed by atoms with van der Waals surface area (Å²) in [6.07, 6.45) is 0.946. The molecule has 4 heteroatoms. The molecule has 1 heterocycles. The van der Waals surface area contributed by atoms with Crippen LogP contribution in [0.15, 0.2) is 18.2 Å². The second-order valence-electron chi connectivity index (χ2n) is 2.66. The SMILES string of the molecule is CCc1ccc2nnn(O)c2c1. The third-order valence-electron chi connectivity index (χ3n) is 1.90. The first-order chi connectivity index (χ1) is 5.81. The van der Waals surface area contributed by atoms with Gasteiger partial charge in [-0.1, -0.05) is 17.8 Å². The van der Waals surface area contributed by atoms with E-state index in [2.05, 4.69) is 17.2 Å². The Bertz CT molecular complexity index is 408. The Labute approximate surface area is 69.4 Å². The van der Waals surface area contributed by atoms with Crippen molar-refractivity contribution in [2.75, 3.05) is 0 Å². The molecule has 1 aromatic heterocycles. The number of fused-ring (bicyclic) bond motifs is 1. The first-order valence-electron chi connectivity index (χ1n) is 3.85. The average Bonchev–Trinajstić information content (AvgIpc) is 2.47. The van der Waals surface area contributed by atoms with Gasteiger partial charge < -0.3 is 5.21 Å². The summed E-state index contributed by atoms with van der Waals surface area (Å²) in [6.45, 7) is 2.06. The number of aromatic nitrogens is 3. The van der Waals surface area contributed by atoms with Crippen LogP contribution in [0, 0.1) is 0 Å². The highest BCUT2D eigenvalue weighted by atomic mass is 16.5. The van der Waals surface area contributed by atoms with Crippen LogP contribution in [-0.2, 0) is 6.42 Å². The molecule has 0 atom stereocenters. The third kappa shape index (κ3) is 0.922. The maximum Gasteiger partial charge on any atom is 0.130 e. The van der Waals surface area contributed by atoms with Gasteiger partial charge in [-0.2, -0.15) is 0 Å². The molecule has 0 amide bonds. The fourth-order valence-electron chi connectivity index (χ4n) is 1.17. The molecule has 0 bridgehead atoms. The molecule has 0 aliphatic carbocycles. The second-order valence-corrected chi connectivity index (χ2v) is 2.66. The van der Waals surface area contributed by atoms with Gasteiger partial charge in [0.05, 0.1) is 0 Å². The molecule has 4 nitrogen and oxygen atoms in total. The van der Waals surface area contributed by atoms with Crippen molar-refractivity contribution in [1.82, 2.24) is 15.2 Å². The van der Waals surface area contributed by atoms with Crippen molar-refractivity contribution in [3.05, 3.63) is 23.8 Å². The van der Waals surface area contributed by atoms with E-state index in [9.17, 15) is 5.21 Å². The third-order valence-corrected chi connectivity index (χ3v) is 1.90. The lowest BCUT2D eigenvalue weighted by atomic mass is 10.1. The zero-order valence-electron chi connectivity index (χ0n) is 6.73. The molecule has 1 N–H and O–H groups in total. The summed E-state index contributed by atoms with van der Waals surface area (Å²) >= 11 is 0. The Hall–Kier alpha value is -1.58. The van der Waals surface area contributed by atoms with Crippen molar-refractivity contribution >= 4 is 11.0 Å². The van der Waals surface area contributed by atoms with E-state index < -0.39 is 0 Å². The van der Waals surface area contributed by atoms with Crippen LogP contribution in [0.1, 0.15) is 12.5 Å². The first kappa shape index (κ1) is 7.09. The van der Waals surface area contributed by atoms with Crippen molar-refractivity contribution < 1.29 is 5.21 Å². The van der Waals surface area contributed by atoms with Crippen molar-refractivity contribution in [1.29, 1.82) is 0 Å². The summed E-state index contributed by atoms with van der Waals surface area (Å²) < 4.78 is 0. The number of hydrogen-bond acceptors (Lipinski definition) is 3. The largest absolute Gasteiger partial charge is 0.410 e. The van der Waals surface area contributed by atoms with Crippen molar-refractivity contribution in [2.24, 2.45) is 0 Å². The second kappa shape index (κ2) is 2.48. The molecule has 1 aromatic carbocycles. The van der Waals surface area contributed by atoms with Crippen LogP contribution in [0.2, 0.25) is 0 Å². The molecular weight excluding hydrogens is 154 g/mol. The summed E-state index contributed by atoms with van der Waals surface area (Å²) in [5.74, 6) is 0. The van der Waals surface area contributed by atoms with Gasteiger partial charge in [-0.15, -0.1) is 5.10 Å². The highest BCUT2D eigenvalue weighted by Gasteiger charge is 2.02. The summed E-state index contributed by atoms with van der Waals surface area (Å²) in [5, 5.41) is 16.4. The Morgan fingerprint density at radius 1 is 1.50 bits per heavy atom. The van der Waals surface area contributed by atoms with Gasteiger partial charge in [-0.25, -0.2) is 0 Å². The van der Waals surface area contributed by atoms with E-state index in [1.165, 1.54) is 5.56 Å². The maximum atomic E-state index is 9.17. The number of aryl methyl sites for hydroxylation is 1. The van der Waals surface area contributed by atoms with Crippen LogP contribution in [0.5, 0.6) is 0 Å². The topological polar surface area (TPSA) is 50.9 Å². The Morgan fingerprint density at radius 3 is 3.08 bits per heavy atom. The van der Waals surface area contributed by atoms with E-state index in [0.29, 0.717) is 5.52 Å². The van der Waals surface area contributed by atoms with Gasteiger partial charge in [0.15, 0.2) is 0 Å². The minimum absolute atomic E-state index is 0.661. The molecule has 0 unspecified atom stereocenters. The molecule has 2 rings (SSSR count). The highest BCUT2D eigenvalue weighted by Crippen LogP contribution is 2.12. The predicted octanol–water partition coefficient (Wildman–Crippen LogP) is 1.23. The molecule has 0 radical (unpaired) electrons. The molecule has 0 fully saturated rings. The quantitative estimate of drug-likeness (QED) is 0.643. The van der Waals surface area contributed by atoms with Crippen LogP contribution in [0.3, 0.4) is 0 Å². The summed E-state index contributed by atoms with van der Waals surface area (Å²) in [5.41, 5.74) is 2.55. The molecule has 0 saturated heterocycles. The summed E-state index contributed by atoms with van der Waals surface area (Å²) in [7, 11) is 0. The maximum absolute atomic E-state index is 9.17. The lowest BCUT2D eigenvalue weighted by molar-refractivity contribution is 0.154. The fraction of sp³-hybridized carbons (Fsp3) is 0.250. The van der Waals surface area contributed by atoms with E-state index in [0.717, 1.165) is 16.8 Å². The van der Waals surface area contributed by atoms with Crippen LogP contribution in [-0.4, -0.2) is 20.4 Å². The molecule has 2 aromatic rings. The number of hydrogen-bond donors (Lipinski definition) is 1. The number of rotatable bonds is 1. The van der Waals surface area contributed by atoms with Gasteiger partial charge in [0.1, 0.15) is 11.0 Å². The highest BCUT2D eigenvalue weighted by molar-refractivity contribution is 5.74. The van der Waals surface area contributed by atoms with Crippen molar-refractivity contribution in [3.8, 4) is 0 Å². The zero-order chi connectivity index (χ0) is 8.55. The van der Waals surface area contributed by atoms with Gasteiger partial charge in [-0.3, -0.25) is 0 Å².